The van der Waals surface area contributed by atoms with Crippen molar-refractivity contribution in [1.82, 2.24) is 56.0 Å². The number of aliphatic hydroxyl groups excluding tert-OH is 2. The third kappa shape index (κ3) is 22.0. The molecule has 1 aliphatic carbocycles. The van der Waals surface area contributed by atoms with Gasteiger partial charge in [0.25, 0.3) is 0 Å². The van der Waals surface area contributed by atoms with Gasteiger partial charge >= 0.3 is 0 Å². The summed E-state index contributed by atoms with van der Waals surface area (Å²) in [5.41, 5.74) is 0. The summed E-state index contributed by atoms with van der Waals surface area (Å²) in [7, 11) is 8.31. The van der Waals surface area contributed by atoms with E-state index in [-0.39, 0.29) is 61.7 Å². The van der Waals surface area contributed by atoms with E-state index in [0.717, 1.165) is 29.1 Å². The minimum atomic E-state index is -1.75. The predicted molar refractivity (Wildman–Crippen MR) is 342 cm³/mol. The summed E-state index contributed by atoms with van der Waals surface area (Å²) >= 11 is 0. The number of likely N-dealkylation sites (N-methyl/N-ethyl adjacent to an activating group) is 6. The van der Waals surface area contributed by atoms with Crippen LogP contribution in [0.1, 0.15) is 175 Å². The summed E-state index contributed by atoms with van der Waals surface area (Å²) < 4.78 is 0. The summed E-state index contributed by atoms with van der Waals surface area (Å²) in [6.07, 6.45) is 4.68. The Kier molecular flexibility index (Phi) is 31.9. The average Bonchev–Trinajstić information content (AvgIpc) is 1.74. The zero-order chi connectivity index (χ0) is 68.4. The molecule has 11 amide bonds. The first-order valence-electron chi connectivity index (χ1n) is 32.3. The van der Waals surface area contributed by atoms with Crippen LogP contribution in [-0.4, -0.2) is 226 Å². The van der Waals surface area contributed by atoms with Crippen molar-refractivity contribution >= 4 is 65.0 Å². The summed E-state index contributed by atoms with van der Waals surface area (Å²) in [5, 5.41) is 37.3. The molecule has 1 aliphatic heterocycles. The van der Waals surface area contributed by atoms with E-state index >= 15 is 9.59 Å². The van der Waals surface area contributed by atoms with Crippen molar-refractivity contribution in [1.29, 1.82) is 0 Å². The molecule has 0 radical (unpaired) electrons. The van der Waals surface area contributed by atoms with E-state index in [1.165, 1.54) is 89.6 Å². The third-order valence-corrected chi connectivity index (χ3v) is 17.5. The van der Waals surface area contributed by atoms with Gasteiger partial charge in [-0.2, -0.15) is 0 Å². The highest BCUT2D eigenvalue weighted by molar-refractivity contribution is 6.00. The fraction of sp³-hybridized carbons (Fsp3) is 0.800. The lowest BCUT2D eigenvalue weighted by molar-refractivity contribution is -0.155. The standard InChI is InChI=1S/C65H115N11O13/c1-23-24-28-40(12)54(78)53-59(83)70-50(44(16)77)64(88)71(17)43(15)61(85)75(21)52(45-29-26-25-27-30-45)58(82)69-46(31-35(2)3)62(86)73(19)48(33-37(6)7)56(80)66-41(13)55(79)67-42(14)60(84)72(18)49(34-38(8)9)57(81)68-47(32-36(4)5)63(87)74(20)51(39(10)11)65(89)76(53)22/h23-24,35-54,77-78H,25-34H2,1-22H3,(H,66,80)(H,67,79)(H,68,81)(H,69,82)(H,70,83)/b24-23+/t40-,41+,42-,43-,44-,46+,47+,48+,49+,50+,51+,52+,53+,54-/m1/s1. The van der Waals surface area contributed by atoms with E-state index in [9.17, 15) is 53.4 Å². The summed E-state index contributed by atoms with van der Waals surface area (Å²) in [6, 6.07) is -14.5. The highest BCUT2D eigenvalue weighted by Crippen LogP contribution is 2.31. The highest BCUT2D eigenvalue weighted by Gasteiger charge is 2.46. The molecule has 508 valence electrons. The molecule has 1 saturated heterocycles. The molecule has 89 heavy (non-hydrogen) atoms. The van der Waals surface area contributed by atoms with Gasteiger partial charge in [-0.1, -0.05) is 108 Å². The van der Waals surface area contributed by atoms with Crippen LogP contribution in [0, 0.1) is 41.4 Å². The number of amides is 11. The number of hydrogen-bond donors (Lipinski definition) is 7. The van der Waals surface area contributed by atoms with Crippen molar-refractivity contribution in [2.24, 2.45) is 41.4 Å². The van der Waals surface area contributed by atoms with Gasteiger partial charge in [0.15, 0.2) is 0 Å². The molecule has 0 unspecified atom stereocenters. The maximum Gasteiger partial charge on any atom is 0.248 e. The van der Waals surface area contributed by atoms with E-state index in [4.69, 9.17) is 0 Å². The number of nitrogens with one attached hydrogen (secondary N) is 5. The fourth-order valence-corrected chi connectivity index (χ4v) is 12.1. The van der Waals surface area contributed by atoms with E-state index in [1.54, 1.807) is 39.8 Å². The maximum absolute atomic E-state index is 15.2. The lowest BCUT2D eigenvalue weighted by Crippen LogP contribution is -2.65. The molecule has 24 nitrogen and oxygen atoms in total. The quantitative estimate of drug-likeness (QED) is 0.116. The van der Waals surface area contributed by atoms with Gasteiger partial charge in [0.05, 0.1) is 12.2 Å². The molecule has 0 aromatic heterocycles. The van der Waals surface area contributed by atoms with Crippen LogP contribution in [0.15, 0.2) is 12.2 Å². The van der Waals surface area contributed by atoms with Gasteiger partial charge in [-0.3, -0.25) is 52.7 Å². The minimum absolute atomic E-state index is 0.0957. The van der Waals surface area contributed by atoms with Crippen molar-refractivity contribution in [3.8, 4) is 0 Å². The molecule has 0 aromatic rings. The smallest absolute Gasteiger partial charge is 0.248 e. The summed E-state index contributed by atoms with van der Waals surface area (Å²) in [4.78, 5) is 169. The van der Waals surface area contributed by atoms with Crippen molar-refractivity contribution < 1.29 is 63.0 Å². The van der Waals surface area contributed by atoms with Crippen LogP contribution in [0.3, 0.4) is 0 Å². The van der Waals surface area contributed by atoms with E-state index in [2.05, 4.69) is 26.6 Å². The molecule has 2 aliphatic rings. The first-order valence-corrected chi connectivity index (χ1v) is 32.3. The SMILES string of the molecule is C/C=C/C[C@@H](C)[C@@H](O)[C@H]1C(=O)N[C@@H]([C@@H](C)O)C(=O)N(C)[C@H](C)C(=O)N(C)[C@@H](C2CCCCC2)C(=O)N[C@@H](CC(C)C)C(=O)N(C)[C@@H](CC(C)C)C(=O)N[C@@H](C)C(=O)N[C@H](C)C(=O)N(C)[C@@H](CC(C)C)C(=O)N[C@@H](CC(C)C)C(=O)N(C)[C@@H](C(C)C)C(=O)N1C. The Hall–Kier alpha value is -6.17. The number of rotatable bonds is 15. The van der Waals surface area contributed by atoms with Gasteiger partial charge in [0, 0.05) is 42.3 Å². The van der Waals surface area contributed by atoms with Crippen molar-refractivity contribution in [3.05, 3.63) is 12.2 Å². The summed E-state index contributed by atoms with van der Waals surface area (Å²) in [6.45, 7) is 27.3. The molecule has 7 N–H and O–H groups in total. The van der Waals surface area contributed by atoms with Crippen molar-refractivity contribution in [3.63, 3.8) is 0 Å². The van der Waals surface area contributed by atoms with Gasteiger partial charge < -0.3 is 66.2 Å². The Balaban J connectivity index is 3.03. The summed E-state index contributed by atoms with van der Waals surface area (Å²) in [5.74, 6) is -10.4. The van der Waals surface area contributed by atoms with Crippen LogP contribution in [0.4, 0.5) is 0 Å². The molecule has 24 heteroatoms. The monoisotopic (exact) mass is 1260 g/mol. The molecular weight excluding hydrogens is 1140 g/mol. The first-order chi connectivity index (χ1) is 41.2. The van der Waals surface area contributed by atoms with Crippen LogP contribution in [0.2, 0.25) is 0 Å². The van der Waals surface area contributed by atoms with Crippen LogP contribution in [0.5, 0.6) is 0 Å². The fourth-order valence-electron chi connectivity index (χ4n) is 12.1. The molecule has 2 rings (SSSR count). The van der Waals surface area contributed by atoms with Crippen LogP contribution >= 0.6 is 0 Å². The Bertz CT molecular complexity index is 2450. The number of nitrogens with zero attached hydrogens (tertiary/aromatic N) is 6. The zero-order valence-electron chi connectivity index (χ0n) is 57.8. The minimum Gasteiger partial charge on any atom is -0.391 e. The zero-order valence-corrected chi connectivity index (χ0v) is 57.8. The molecule has 0 spiro atoms. The van der Waals surface area contributed by atoms with Crippen LogP contribution < -0.4 is 26.6 Å². The normalized spacial score (nSPS) is 28.5. The van der Waals surface area contributed by atoms with Gasteiger partial charge in [-0.25, -0.2) is 0 Å². The maximum atomic E-state index is 15.2. The first kappa shape index (κ1) is 78.9. The molecule has 2 fully saturated rings. The van der Waals surface area contributed by atoms with E-state index in [0.29, 0.717) is 12.8 Å². The lowest BCUT2D eigenvalue weighted by atomic mass is 9.82. The predicted octanol–water partition coefficient (Wildman–Crippen LogP) is 3.21. The molecular formula is C65H115N11O13. The second-order valence-electron chi connectivity index (χ2n) is 27.5. The second kappa shape index (κ2) is 36.0. The van der Waals surface area contributed by atoms with Gasteiger partial charge in [-0.05, 0) is 121 Å². The largest absolute Gasteiger partial charge is 0.391 e. The van der Waals surface area contributed by atoms with E-state index < -0.39 is 155 Å². The second-order valence-corrected chi connectivity index (χ2v) is 27.5. The Morgan fingerprint density at radius 1 is 0.449 bits per heavy atom. The molecule has 1 heterocycles. The number of carbonyl (C=O) groups excluding carboxylic acids is 11. The number of carbonyl (C=O) groups is 11. The Morgan fingerprint density at radius 2 is 0.888 bits per heavy atom. The highest BCUT2D eigenvalue weighted by atomic mass is 16.3. The molecule has 1 saturated carbocycles. The third-order valence-electron chi connectivity index (χ3n) is 17.5. The average molecular weight is 1260 g/mol. The number of aliphatic hydroxyl groups is 2. The van der Waals surface area contributed by atoms with Gasteiger partial charge in [-0.15, -0.1) is 0 Å². The van der Waals surface area contributed by atoms with Gasteiger partial charge in [0.1, 0.15) is 66.5 Å². The van der Waals surface area contributed by atoms with Crippen molar-refractivity contribution in [2.75, 3.05) is 42.3 Å². The van der Waals surface area contributed by atoms with Crippen LogP contribution in [0.25, 0.3) is 0 Å². The van der Waals surface area contributed by atoms with Gasteiger partial charge in [0.2, 0.25) is 65.0 Å². The van der Waals surface area contributed by atoms with Crippen molar-refractivity contribution in [2.45, 2.75) is 254 Å². The molecule has 14 atom stereocenters. The Labute approximate surface area is 531 Å². The Morgan fingerprint density at radius 3 is 1.35 bits per heavy atom. The van der Waals surface area contributed by atoms with Crippen LogP contribution in [-0.2, 0) is 52.7 Å². The molecule has 0 aromatic carbocycles. The number of allylic oxidation sites excluding steroid dienone is 2. The molecule has 0 bridgehead atoms. The lowest BCUT2D eigenvalue weighted by Gasteiger charge is -2.41. The topological polar surface area (TPSA) is 308 Å². The number of hydrogen-bond acceptors (Lipinski definition) is 13. The van der Waals surface area contributed by atoms with E-state index in [1.807, 2.05) is 55.4 Å².